The molecule has 1 saturated carbocycles. The van der Waals surface area contributed by atoms with Gasteiger partial charge in [0.1, 0.15) is 0 Å². The van der Waals surface area contributed by atoms with E-state index in [0.29, 0.717) is 19.1 Å². The highest BCUT2D eigenvalue weighted by atomic mass is 16.3. The van der Waals surface area contributed by atoms with Crippen LogP contribution in [0.3, 0.4) is 0 Å². The van der Waals surface area contributed by atoms with Gasteiger partial charge in [0.15, 0.2) is 0 Å². The first-order chi connectivity index (χ1) is 6.77. The minimum absolute atomic E-state index is 0.159. The Hall–Kier alpha value is -0.160. The van der Waals surface area contributed by atoms with Crippen molar-refractivity contribution in [2.45, 2.75) is 37.8 Å². The van der Waals surface area contributed by atoms with Gasteiger partial charge in [-0.25, -0.2) is 0 Å². The molecule has 1 aliphatic carbocycles. The summed E-state index contributed by atoms with van der Waals surface area (Å²) in [5, 5.41) is 18.2. The van der Waals surface area contributed by atoms with Crippen LogP contribution in [0.15, 0.2) is 0 Å². The summed E-state index contributed by atoms with van der Waals surface area (Å²) in [6.45, 7) is 1.84. The Morgan fingerprint density at radius 2 is 2.00 bits per heavy atom. The molecule has 84 valence electrons. The highest BCUT2D eigenvalue weighted by Gasteiger charge is 2.23. The average Bonchev–Trinajstić information content (AvgIpc) is 2.69. The van der Waals surface area contributed by atoms with E-state index in [2.05, 4.69) is 4.90 Å². The van der Waals surface area contributed by atoms with Crippen LogP contribution in [0.5, 0.6) is 0 Å². The third-order valence-corrected chi connectivity index (χ3v) is 2.91. The molecule has 4 nitrogen and oxygen atoms in total. The summed E-state index contributed by atoms with van der Waals surface area (Å²) in [5.41, 5.74) is 5.53. The van der Waals surface area contributed by atoms with Crippen LogP contribution in [0.1, 0.15) is 25.7 Å². The molecule has 14 heavy (non-hydrogen) atoms. The van der Waals surface area contributed by atoms with Crippen molar-refractivity contribution in [2.24, 2.45) is 5.73 Å². The Balaban J connectivity index is 2.36. The maximum Gasteiger partial charge on any atom is 0.0897 e. The Morgan fingerprint density at radius 1 is 1.36 bits per heavy atom. The zero-order valence-electron chi connectivity index (χ0n) is 8.73. The van der Waals surface area contributed by atoms with E-state index >= 15 is 0 Å². The molecule has 0 spiro atoms. The van der Waals surface area contributed by atoms with E-state index in [1.165, 1.54) is 25.7 Å². The normalized spacial score (nSPS) is 20.6. The quantitative estimate of drug-likeness (QED) is 0.545. The first kappa shape index (κ1) is 11.9. The van der Waals surface area contributed by atoms with Crippen LogP contribution < -0.4 is 5.73 Å². The van der Waals surface area contributed by atoms with Crippen LogP contribution >= 0.6 is 0 Å². The van der Waals surface area contributed by atoms with Gasteiger partial charge in [-0.15, -0.1) is 0 Å². The number of nitrogens with zero attached hydrogens (tertiary/aromatic N) is 1. The molecule has 1 fully saturated rings. The third-order valence-electron chi connectivity index (χ3n) is 2.91. The molecule has 1 aliphatic rings. The molecule has 1 atom stereocenters. The van der Waals surface area contributed by atoms with Gasteiger partial charge in [0.05, 0.1) is 12.7 Å². The second-order valence-corrected chi connectivity index (χ2v) is 4.06. The topological polar surface area (TPSA) is 69.7 Å². The first-order valence-electron chi connectivity index (χ1n) is 5.51. The Morgan fingerprint density at radius 3 is 2.50 bits per heavy atom. The predicted molar refractivity (Wildman–Crippen MR) is 56.0 cm³/mol. The Bertz CT molecular complexity index is 149. The SMILES string of the molecule is NCCN(CC(O)CO)C1CCCC1. The van der Waals surface area contributed by atoms with Crippen LogP contribution in [-0.2, 0) is 0 Å². The predicted octanol–water partition coefficient (Wildman–Crippen LogP) is -0.457. The minimum Gasteiger partial charge on any atom is -0.394 e. The average molecular weight is 202 g/mol. The summed E-state index contributed by atoms with van der Waals surface area (Å²) < 4.78 is 0. The fraction of sp³-hybridized carbons (Fsp3) is 1.00. The fourth-order valence-electron chi connectivity index (χ4n) is 2.19. The van der Waals surface area contributed by atoms with E-state index in [1.807, 2.05) is 0 Å². The Labute approximate surface area is 85.7 Å². The standard InChI is InChI=1S/C10H22N2O2/c11-5-6-12(7-10(14)8-13)9-3-1-2-4-9/h9-10,13-14H,1-8,11H2. The van der Waals surface area contributed by atoms with E-state index in [1.54, 1.807) is 0 Å². The van der Waals surface area contributed by atoms with Gasteiger partial charge in [-0.3, -0.25) is 4.90 Å². The zero-order chi connectivity index (χ0) is 10.4. The molecule has 0 saturated heterocycles. The summed E-state index contributed by atoms with van der Waals surface area (Å²) in [6, 6.07) is 0.569. The number of nitrogens with two attached hydrogens (primary N) is 1. The maximum atomic E-state index is 9.38. The number of hydrogen-bond donors (Lipinski definition) is 3. The molecule has 0 radical (unpaired) electrons. The number of aliphatic hydroxyl groups is 2. The van der Waals surface area contributed by atoms with Gasteiger partial charge in [-0.1, -0.05) is 12.8 Å². The molecule has 0 aromatic rings. The first-order valence-corrected chi connectivity index (χ1v) is 5.51. The summed E-state index contributed by atoms with van der Waals surface area (Å²) in [5.74, 6) is 0. The summed E-state index contributed by atoms with van der Waals surface area (Å²) in [7, 11) is 0. The number of hydrogen-bond acceptors (Lipinski definition) is 4. The molecule has 0 amide bonds. The van der Waals surface area contributed by atoms with E-state index in [9.17, 15) is 5.11 Å². The van der Waals surface area contributed by atoms with Crippen molar-refractivity contribution in [3.63, 3.8) is 0 Å². The highest BCUT2D eigenvalue weighted by Crippen LogP contribution is 2.23. The lowest BCUT2D eigenvalue weighted by molar-refractivity contribution is 0.0463. The van der Waals surface area contributed by atoms with Crippen LogP contribution in [0, 0.1) is 0 Å². The maximum absolute atomic E-state index is 9.38. The second kappa shape index (κ2) is 6.35. The number of rotatable bonds is 6. The highest BCUT2D eigenvalue weighted by molar-refractivity contribution is 4.79. The molecule has 4 heteroatoms. The van der Waals surface area contributed by atoms with Crippen molar-refractivity contribution >= 4 is 0 Å². The van der Waals surface area contributed by atoms with E-state index in [4.69, 9.17) is 10.8 Å². The lowest BCUT2D eigenvalue weighted by atomic mass is 10.2. The second-order valence-electron chi connectivity index (χ2n) is 4.06. The van der Waals surface area contributed by atoms with Crippen LogP contribution in [0.4, 0.5) is 0 Å². The lowest BCUT2D eigenvalue weighted by Gasteiger charge is -2.29. The van der Waals surface area contributed by atoms with Crippen molar-refractivity contribution in [2.75, 3.05) is 26.2 Å². The molecule has 0 heterocycles. The molecule has 1 unspecified atom stereocenters. The van der Waals surface area contributed by atoms with Gasteiger partial charge >= 0.3 is 0 Å². The van der Waals surface area contributed by atoms with Crippen molar-refractivity contribution in [3.05, 3.63) is 0 Å². The molecule has 0 aromatic heterocycles. The van der Waals surface area contributed by atoms with Gasteiger partial charge in [0.2, 0.25) is 0 Å². The monoisotopic (exact) mass is 202 g/mol. The fourth-order valence-corrected chi connectivity index (χ4v) is 2.19. The summed E-state index contributed by atoms with van der Waals surface area (Å²) in [4.78, 5) is 2.22. The molecule has 4 N–H and O–H groups in total. The third kappa shape index (κ3) is 3.53. The molecule has 0 bridgehead atoms. The van der Waals surface area contributed by atoms with E-state index in [0.717, 1.165) is 6.54 Å². The van der Waals surface area contributed by atoms with E-state index < -0.39 is 6.10 Å². The van der Waals surface area contributed by atoms with Crippen molar-refractivity contribution in [1.29, 1.82) is 0 Å². The van der Waals surface area contributed by atoms with Crippen LogP contribution in [-0.4, -0.2) is 53.5 Å². The van der Waals surface area contributed by atoms with Gasteiger partial charge in [0, 0.05) is 25.7 Å². The van der Waals surface area contributed by atoms with E-state index in [-0.39, 0.29) is 6.61 Å². The van der Waals surface area contributed by atoms with Crippen LogP contribution in [0.2, 0.25) is 0 Å². The molecular formula is C10H22N2O2. The smallest absolute Gasteiger partial charge is 0.0897 e. The van der Waals surface area contributed by atoms with Crippen LogP contribution in [0.25, 0.3) is 0 Å². The molecule has 0 aromatic carbocycles. The Kier molecular flexibility index (Phi) is 5.40. The zero-order valence-corrected chi connectivity index (χ0v) is 8.73. The lowest BCUT2D eigenvalue weighted by Crippen LogP contribution is -2.43. The van der Waals surface area contributed by atoms with Gasteiger partial charge in [-0.2, -0.15) is 0 Å². The van der Waals surface area contributed by atoms with Gasteiger partial charge in [-0.05, 0) is 12.8 Å². The van der Waals surface area contributed by atoms with Gasteiger partial charge in [0.25, 0.3) is 0 Å². The van der Waals surface area contributed by atoms with Crippen molar-refractivity contribution < 1.29 is 10.2 Å². The molecule has 0 aliphatic heterocycles. The van der Waals surface area contributed by atoms with Crippen molar-refractivity contribution in [1.82, 2.24) is 4.90 Å². The largest absolute Gasteiger partial charge is 0.394 e. The molecule has 1 rings (SSSR count). The van der Waals surface area contributed by atoms with Gasteiger partial charge < -0.3 is 15.9 Å². The number of aliphatic hydroxyl groups excluding tert-OH is 2. The summed E-state index contributed by atoms with van der Waals surface area (Å²) >= 11 is 0. The van der Waals surface area contributed by atoms with Crippen molar-refractivity contribution in [3.8, 4) is 0 Å². The molecular weight excluding hydrogens is 180 g/mol. The summed E-state index contributed by atoms with van der Waals surface area (Å²) in [6.07, 6.45) is 4.35. The minimum atomic E-state index is -0.623.